The molecule has 0 aliphatic carbocycles. The number of carbonyl (C=O) groups is 2. The van der Waals surface area contributed by atoms with Gasteiger partial charge in [0.2, 0.25) is 0 Å². The van der Waals surface area contributed by atoms with E-state index >= 15 is 0 Å². The Morgan fingerprint density at radius 2 is 1.25 bits per heavy atom. The normalized spacial score (nSPS) is 7.38. The van der Waals surface area contributed by atoms with E-state index in [9.17, 15) is 9.59 Å². The first-order chi connectivity index (χ1) is 7.61. The van der Waals surface area contributed by atoms with Crippen molar-refractivity contribution in [2.75, 3.05) is 0 Å². The van der Waals surface area contributed by atoms with Gasteiger partial charge < -0.3 is 10.2 Å². The van der Waals surface area contributed by atoms with Crippen LogP contribution in [-0.4, -0.2) is 27.1 Å². The molecule has 7 nitrogen and oxygen atoms in total. The predicted molar refractivity (Wildman–Crippen MR) is 39.5 cm³/mol. The SMILES string of the molecule is O=C(O)c1cccc(C(=O)O)n1.[O]=[V].[O]=[V]. The average molecular weight is 301 g/mol. The van der Waals surface area contributed by atoms with Crippen LogP contribution in [0.1, 0.15) is 21.0 Å². The molecule has 1 aromatic heterocycles. The molecule has 0 amide bonds. The van der Waals surface area contributed by atoms with E-state index in [4.69, 9.17) is 17.6 Å². The van der Waals surface area contributed by atoms with Gasteiger partial charge in [-0.05, 0) is 12.1 Å². The monoisotopic (exact) mass is 301 g/mol. The van der Waals surface area contributed by atoms with Crippen molar-refractivity contribution in [1.29, 1.82) is 0 Å². The first-order valence-electron chi connectivity index (χ1n) is 3.41. The molecule has 1 rings (SSSR count). The number of nitrogens with zero attached hydrogens (tertiary/aromatic N) is 1. The topological polar surface area (TPSA) is 122 Å². The number of aromatic carboxylic acids is 2. The number of rotatable bonds is 2. The summed E-state index contributed by atoms with van der Waals surface area (Å²) in [4.78, 5) is 24.0. The van der Waals surface area contributed by atoms with Crippen LogP contribution in [0.25, 0.3) is 0 Å². The van der Waals surface area contributed by atoms with Gasteiger partial charge in [0, 0.05) is 0 Å². The van der Waals surface area contributed by atoms with Crippen molar-refractivity contribution in [3.05, 3.63) is 29.6 Å². The van der Waals surface area contributed by atoms with Gasteiger partial charge in [0.1, 0.15) is 11.4 Å². The van der Waals surface area contributed by atoms with E-state index in [1.807, 2.05) is 0 Å². The van der Waals surface area contributed by atoms with E-state index in [1.54, 1.807) is 0 Å². The van der Waals surface area contributed by atoms with Crippen LogP contribution in [-0.2, 0) is 42.1 Å². The molecule has 0 aromatic carbocycles. The molecule has 9 heteroatoms. The molecule has 0 saturated carbocycles. The van der Waals surface area contributed by atoms with Gasteiger partial charge in [-0.1, -0.05) is 6.07 Å². The molecule has 0 aliphatic rings. The van der Waals surface area contributed by atoms with Gasteiger partial charge >= 0.3 is 54.0 Å². The van der Waals surface area contributed by atoms with E-state index in [-0.39, 0.29) is 11.4 Å². The molecule has 0 saturated heterocycles. The number of pyridine rings is 1. The second-order valence-corrected chi connectivity index (χ2v) is 2.02. The Balaban J connectivity index is 0. The molecule has 0 fully saturated rings. The molecule has 0 unspecified atom stereocenters. The molecule has 0 bridgehead atoms. The summed E-state index contributed by atoms with van der Waals surface area (Å²) in [5.74, 6) is -2.48. The van der Waals surface area contributed by atoms with Crippen LogP contribution in [0.15, 0.2) is 18.2 Å². The molecule has 0 spiro atoms. The molecule has 16 heavy (non-hydrogen) atoms. The van der Waals surface area contributed by atoms with Gasteiger partial charge in [-0.25, -0.2) is 14.6 Å². The number of carboxylic acids is 2. The first kappa shape index (κ1) is 17.3. The fourth-order valence-corrected chi connectivity index (χ4v) is 0.673. The molecule has 0 radical (unpaired) electrons. The summed E-state index contributed by atoms with van der Waals surface area (Å²) in [5, 5.41) is 16.9. The number of hydrogen-bond donors (Lipinski definition) is 2. The Labute approximate surface area is 108 Å². The summed E-state index contributed by atoms with van der Waals surface area (Å²) >= 11 is 2.12. The Bertz CT molecular complexity index is 340. The molecule has 84 valence electrons. The van der Waals surface area contributed by atoms with Crippen LogP contribution in [0.2, 0.25) is 0 Å². The standard InChI is InChI=1S/C7H5NO4.2O.2V/c9-6(10)4-2-1-3-5(8-4)7(11)12;;;;/h1-3H,(H,9,10)(H,11,12);;;;. The van der Waals surface area contributed by atoms with Crippen LogP contribution in [0.3, 0.4) is 0 Å². The van der Waals surface area contributed by atoms with Crippen molar-refractivity contribution >= 4 is 11.9 Å². The van der Waals surface area contributed by atoms with E-state index in [1.165, 1.54) is 18.2 Å². The zero-order valence-electron chi connectivity index (χ0n) is 7.60. The van der Waals surface area contributed by atoms with Crippen molar-refractivity contribution in [1.82, 2.24) is 4.98 Å². The van der Waals surface area contributed by atoms with Gasteiger partial charge in [0.15, 0.2) is 0 Å². The quantitative estimate of drug-likeness (QED) is 0.802. The molecule has 2 N–H and O–H groups in total. The first-order valence-corrected chi connectivity index (χ1v) is 4.55. The third kappa shape index (κ3) is 6.36. The van der Waals surface area contributed by atoms with E-state index < -0.39 is 11.9 Å². The molecule has 1 aromatic rings. The van der Waals surface area contributed by atoms with Crippen molar-refractivity contribution in [3.8, 4) is 0 Å². The maximum atomic E-state index is 10.3. The third-order valence-corrected chi connectivity index (χ3v) is 1.19. The third-order valence-electron chi connectivity index (χ3n) is 1.19. The van der Waals surface area contributed by atoms with Gasteiger partial charge in [-0.15, -0.1) is 0 Å². The summed E-state index contributed by atoms with van der Waals surface area (Å²) in [5.41, 5.74) is -0.537. The zero-order valence-corrected chi connectivity index (χ0v) is 10.4. The van der Waals surface area contributed by atoms with Crippen molar-refractivity contribution in [3.63, 3.8) is 0 Å². The second-order valence-electron chi connectivity index (χ2n) is 2.02. The van der Waals surface area contributed by atoms with Crippen LogP contribution in [0.5, 0.6) is 0 Å². The maximum absolute atomic E-state index is 10.3. The zero-order chi connectivity index (χ0) is 13.1. The Hall–Kier alpha value is -1.14. The molecule has 0 atom stereocenters. The molecular formula is C7H5NO6V2. The van der Waals surface area contributed by atoms with Gasteiger partial charge in [-0.2, -0.15) is 0 Å². The van der Waals surface area contributed by atoms with E-state index in [0.717, 1.165) is 34.7 Å². The Morgan fingerprint density at radius 1 is 0.938 bits per heavy atom. The van der Waals surface area contributed by atoms with Gasteiger partial charge in [0.25, 0.3) is 0 Å². The van der Waals surface area contributed by atoms with Crippen LogP contribution in [0, 0.1) is 0 Å². The molecule has 1 heterocycles. The summed E-state index contributed by atoms with van der Waals surface area (Å²) in [6.07, 6.45) is 0. The minimum atomic E-state index is -1.24. The van der Waals surface area contributed by atoms with Gasteiger partial charge in [-0.3, -0.25) is 0 Å². The van der Waals surface area contributed by atoms with E-state index in [2.05, 4.69) is 4.98 Å². The minimum absolute atomic E-state index is 0.269. The van der Waals surface area contributed by atoms with Crippen LogP contribution >= 0.6 is 0 Å². The van der Waals surface area contributed by atoms with Gasteiger partial charge in [0.05, 0.1) is 0 Å². The number of aromatic nitrogens is 1. The average Bonchev–Trinajstić information content (AvgIpc) is 2.34. The summed E-state index contributed by atoms with van der Waals surface area (Å²) in [6.45, 7) is 0. The van der Waals surface area contributed by atoms with Crippen molar-refractivity contribution < 1.29 is 61.9 Å². The van der Waals surface area contributed by atoms with Crippen molar-refractivity contribution in [2.24, 2.45) is 0 Å². The summed E-state index contributed by atoms with van der Waals surface area (Å²) in [7, 11) is 0. The number of hydrogen-bond acceptors (Lipinski definition) is 5. The second kappa shape index (κ2) is 10.4. The fraction of sp³-hybridized carbons (Fsp3) is 0. The molecule has 0 aliphatic heterocycles. The number of carboxylic acid groups (broad SMARTS) is 2. The fourth-order valence-electron chi connectivity index (χ4n) is 0.673. The van der Waals surface area contributed by atoms with Crippen molar-refractivity contribution in [2.45, 2.75) is 0 Å². The van der Waals surface area contributed by atoms with Crippen LogP contribution in [0.4, 0.5) is 0 Å². The van der Waals surface area contributed by atoms with Crippen LogP contribution < -0.4 is 0 Å². The Morgan fingerprint density at radius 3 is 1.50 bits per heavy atom. The predicted octanol–water partition coefficient (Wildman–Crippen LogP) is 0.235. The molecular weight excluding hydrogens is 296 g/mol. The van der Waals surface area contributed by atoms with E-state index in [0.29, 0.717) is 0 Å². The summed E-state index contributed by atoms with van der Waals surface area (Å²) < 4.78 is 16.4. The summed E-state index contributed by atoms with van der Waals surface area (Å²) in [6, 6.07) is 3.80. The Kier molecular flexibility index (Phi) is 11.2.